The highest BCUT2D eigenvalue weighted by atomic mass is 16.4. The molecule has 0 saturated carbocycles. The first-order valence-electron chi connectivity index (χ1n) is 18.2. The number of carbonyl (C=O) groups excluding carboxylic acids is 4. The second-order valence-corrected chi connectivity index (χ2v) is 14.1. The standard InChI is InChI=1S/C38H55N7O8/c1-25(2)21-30(34(49)42-28(15-9-10-18-39)36(51)45-19-16-38(40,17-20-45)37(52)53)43-35(50)31(23-27-13-7-4-8-14-27)44-33(48)29(41-24-32(46)47)22-26-11-5-3-6-12-26/h3-8,11-14,25,28-31,41H,9-10,15-24,39-40H2,1-2H3,(H,42,49)(H,43,50)(H,44,48)(H,46,47)(H,52,53). The summed E-state index contributed by atoms with van der Waals surface area (Å²) in [4.78, 5) is 80.0. The largest absolute Gasteiger partial charge is 0.480 e. The Morgan fingerprint density at radius 2 is 1.23 bits per heavy atom. The molecule has 0 aromatic heterocycles. The van der Waals surface area contributed by atoms with Crippen LogP contribution < -0.4 is 32.7 Å². The molecule has 1 heterocycles. The van der Waals surface area contributed by atoms with E-state index >= 15 is 0 Å². The maximum absolute atomic E-state index is 14.1. The highest BCUT2D eigenvalue weighted by Crippen LogP contribution is 2.21. The first-order valence-corrected chi connectivity index (χ1v) is 18.2. The number of benzene rings is 2. The van der Waals surface area contributed by atoms with Gasteiger partial charge < -0.3 is 42.5 Å². The van der Waals surface area contributed by atoms with Crippen LogP contribution in [0.4, 0.5) is 0 Å². The predicted octanol–water partition coefficient (Wildman–Crippen LogP) is 0.549. The van der Waals surface area contributed by atoms with E-state index in [-0.39, 0.29) is 63.4 Å². The summed E-state index contributed by atoms with van der Waals surface area (Å²) in [7, 11) is 0. The van der Waals surface area contributed by atoms with E-state index in [9.17, 15) is 39.0 Å². The SMILES string of the molecule is CC(C)CC(NC(=O)C(Cc1ccccc1)NC(=O)C(Cc1ccccc1)NCC(=O)O)C(=O)NC(CCCCN)C(=O)N1CCC(N)(C(=O)O)CC1. The molecule has 1 aliphatic rings. The Hall–Kier alpha value is -4.86. The maximum atomic E-state index is 14.1. The lowest BCUT2D eigenvalue weighted by Crippen LogP contribution is -2.61. The van der Waals surface area contributed by atoms with Gasteiger partial charge in [0, 0.05) is 19.5 Å². The van der Waals surface area contributed by atoms with Gasteiger partial charge in [-0.15, -0.1) is 0 Å². The summed E-state index contributed by atoms with van der Waals surface area (Å²) < 4.78 is 0. The van der Waals surface area contributed by atoms with E-state index in [0.717, 1.165) is 11.1 Å². The molecule has 1 aliphatic heterocycles. The van der Waals surface area contributed by atoms with Crippen LogP contribution in [0.15, 0.2) is 60.7 Å². The number of hydrogen-bond donors (Lipinski definition) is 8. The van der Waals surface area contributed by atoms with E-state index in [1.165, 1.54) is 4.90 Å². The van der Waals surface area contributed by atoms with Gasteiger partial charge in [-0.2, -0.15) is 0 Å². The zero-order valence-electron chi connectivity index (χ0n) is 30.6. The number of nitrogens with one attached hydrogen (secondary N) is 4. The fraction of sp³-hybridized carbons (Fsp3) is 0.526. The number of rotatable bonds is 21. The Kier molecular flexibility index (Phi) is 16.9. The molecule has 0 spiro atoms. The minimum absolute atomic E-state index is 0.0501. The molecule has 1 fully saturated rings. The van der Waals surface area contributed by atoms with Crippen LogP contribution in [0.5, 0.6) is 0 Å². The second kappa shape index (κ2) is 21.0. The molecule has 2 aromatic rings. The smallest absolute Gasteiger partial charge is 0.323 e. The average Bonchev–Trinajstić information content (AvgIpc) is 3.12. The van der Waals surface area contributed by atoms with Gasteiger partial charge in [0.05, 0.1) is 12.6 Å². The van der Waals surface area contributed by atoms with Crippen molar-refractivity contribution in [3.05, 3.63) is 71.8 Å². The number of aliphatic carboxylic acids is 2. The maximum Gasteiger partial charge on any atom is 0.323 e. The Labute approximate surface area is 310 Å². The van der Waals surface area contributed by atoms with Crippen LogP contribution in [0.1, 0.15) is 63.5 Å². The van der Waals surface area contributed by atoms with Crippen LogP contribution >= 0.6 is 0 Å². The van der Waals surface area contributed by atoms with Gasteiger partial charge in [0.25, 0.3) is 0 Å². The minimum atomic E-state index is -1.43. The molecule has 4 unspecified atom stereocenters. The first-order chi connectivity index (χ1) is 25.2. The Morgan fingerprint density at radius 1 is 0.736 bits per heavy atom. The van der Waals surface area contributed by atoms with Crippen LogP contribution in [-0.4, -0.2) is 107 Å². The third kappa shape index (κ3) is 13.9. The summed E-state index contributed by atoms with van der Waals surface area (Å²) in [6.45, 7) is 3.92. The fourth-order valence-electron chi connectivity index (χ4n) is 6.21. The van der Waals surface area contributed by atoms with Crippen LogP contribution in [0.25, 0.3) is 0 Å². The van der Waals surface area contributed by atoms with E-state index < -0.39 is 65.9 Å². The van der Waals surface area contributed by atoms with Gasteiger partial charge in [-0.3, -0.25) is 34.1 Å². The van der Waals surface area contributed by atoms with Crippen LogP contribution in [0.2, 0.25) is 0 Å². The third-order valence-corrected chi connectivity index (χ3v) is 9.31. The molecule has 0 bridgehead atoms. The van der Waals surface area contributed by atoms with Crippen molar-refractivity contribution < 1.29 is 39.0 Å². The van der Waals surface area contributed by atoms with Crippen molar-refractivity contribution in [2.75, 3.05) is 26.2 Å². The lowest BCUT2D eigenvalue weighted by atomic mass is 9.88. The molecule has 15 heteroatoms. The molecule has 15 nitrogen and oxygen atoms in total. The highest BCUT2D eigenvalue weighted by Gasteiger charge is 2.40. The van der Waals surface area contributed by atoms with Gasteiger partial charge in [0.1, 0.15) is 23.7 Å². The zero-order chi connectivity index (χ0) is 39.0. The van der Waals surface area contributed by atoms with Gasteiger partial charge in [0.2, 0.25) is 23.6 Å². The number of amides is 4. The Morgan fingerprint density at radius 3 is 1.74 bits per heavy atom. The molecule has 0 radical (unpaired) electrons. The monoisotopic (exact) mass is 737 g/mol. The predicted molar refractivity (Wildman–Crippen MR) is 198 cm³/mol. The van der Waals surface area contributed by atoms with Gasteiger partial charge in [-0.25, -0.2) is 0 Å². The van der Waals surface area contributed by atoms with E-state index in [4.69, 9.17) is 11.5 Å². The summed E-state index contributed by atoms with van der Waals surface area (Å²) >= 11 is 0. The average molecular weight is 738 g/mol. The van der Waals surface area contributed by atoms with Crippen molar-refractivity contribution >= 4 is 35.6 Å². The second-order valence-electron chi connectivity index (χ2n) is 14.1. The molecule has 1 saturated heterocycles. The first kappa shape index (κ1) is 42.6. The molecule has 2 aromatic carbocycles. The van der Waals surface area contributed by atoms with Gasteiger partial charge in [-0.05, 0) is 68.5 Å². The lowest BCUT2D eigenvalue weighted by Gasteiger charge is -2.38. The van der Waals surface area contributed by atoms with E-state index in [1.807, 2.05) is 38.1 Å². The number of piperidine rings is 1. The fourth-order valence-corrected chi connectivity index (χ4v) is 6.21. The number of carbonyl (C=O) groups is 6. The number of nitrogens with zero attached hydrogens (tertiary/aromatic N) is 1. The molecule has 0 aliphatic carbocycles. The van der Waals surface area contributed by atoms with Gasteiger partial charge in [-0.1, -0.05) is 74.5 Å². The summed E-state index contributed by atoms with van der Waals surface area (Å²) in [6.07, 6.45) is 2.05. The van der Waals surface area contributed by atoms with Crippen molar-refractivity contribution in [3.63, 3.8) is 0 Å². The summed E-state index contributed by atoms with van der Waals surface area (Å²) in [5.41, 5.74) is 11.8. The van der Waals surface area contributed by atoms with E-state index in [2.05, 4.69) is 21.3 Å². The van der Waals surface area contributed by atoms with Crippen molar-refractivity contribution in [2.45, 2.75) is 94.9 Å². The van der Waals surface area contributed by atoms with Crippen LogP contribution in [-0.2, 0) is 41.6 Å². The normalized spacial score (nSPS) is 16.1. The number of carboxylic acid groups (broad SMARTS) is 2. The molecule has 53 heavy (non-hydrogen) atoms. The molecular weight excluding hydrogens is 682 g/mol. The topological polar surface area (TPSA) is 246 Å². The minimum Gasteiger partial charge on any atom is -0.480 e. The molecule has 4 amide bonds. The molecule has 3 rings (SSSR count). The Balaban J connectivity index is 1.83. The van der Waals surface area contributed by atoms with Crippen LogP contribution in [0, 0.1) is 5.92 Å². The number of hydrogen-bond acceptors (Lipinski definition) is 9. The molecule has 4 atom stereocenters. The summed E-state index contributed by atoms with van der Waals surface area (Å²) in [6, 6.07) is 13.9. The van der Waals surface area contributed by atoms with E-state index in [1.54, 1.807) is 36.4 Å². The number of nitrogens with two attached hydrogens (primary N) is 2. The quantitative estimate of drug-likeness (QED) is 0.0822. The number of unbranched alkanes of at least 4 members (excludes halogenated alkanes) is 1. The number of likely N-dealkylation sites (tertiary alicyclic amines) is 1. The number of carboxylic acids is 2. The van der Waals surface area contributed by atoms with Crippen molar-refractivity contribution in [2.24, 2.45) is 17.4 Å². The van der Waals surface area contributed by atoms with Crippen LogP contribution in [0.3, 0.4) is 0 Å². The summed E-state index contributed by atoms with van der Waals surface area (Å²) in [5.74, 6) is -4.50. The van der Waals surface area contributed by atoms with E-state index in [0.29, 0.717) is 19.4 Å². The van der Waals surface area contributed by atoms with Gasteiger partial charge >= 0.3 is 11.9 Å². The van der Waals surface area contributed by atoms with Crippen molar-refractivity contribution in [1.29, 1.82) is 0 Å². The highest BCUT2D eigenvalue weighted by molar-refractivity contribution is 5.95. The van der Waals surface area contributed by atoms with Crippen molar-refractivity contribution in [1.82, 2.24) is 26.2 Å². The molecular formula is C38H55N7O8. The lowest BCUT2D eigenvalue weighted by molar-refractivity contribution is -0.148. The van der Waals surface area contributed by atoms with Gasteiger partial charge in [0.15, 0.2) is 0 Å². The Bertz CT molecular complexity index is 1520. The zero-order valence-corrected chi connectivity index (χ0v) is 30.6. The third-order valence-electron chi connectivity index (χ3n) is 9.31. The summed E-state index contributed by atoms with van der Waals surface area (Å²) in [5, 5.41) is 30.1. The molecule has 10 N–H and O–H groups in total. The molecule has 290 valence electrons. The van der Waals surface area contributed by atoms with Crippen molar-refractivity contribution in [3.8, 4) is 0 Å².